The van der Waals surface area contributed by atoms with Crippen molar-refractivity contribution in [1.29, 1.82) is 0 Å². The summed E-state index contributed by atoms with van der Waals surface area (Å²) in [6.07, 6.45) is 7.81. The van der Waals surface area contributed by atoms with Gasteiger partial charge < -0.3 is 5.73 Å². The second-order valence-electron chi connectivity index (χ2n) is 7.94. The van der Waals surface area contributed by atoms with Gasteiger partial charge in [0.25, 0.3) is 0 Å². The molecule has 1 unspecified atom stereocenters. The molecule has 0 bridgehead atoms. The van der Waals surface area contributed by atoms with Crippen LogP contribution in [0.5, 0.6) is 0 Å². The number of hydrogen-bond acceptors (Lipinski definition) is 2. The summed E-state index contributed by atoms with van der Waals surface area (Å²) >= 11 is 0. The van der Waals surface area contributed by atoms with Gasteiger partial charge in [0.1, 0.15) is 0 Å². The van der Waals surface area contributed by atoms with E-state index in [0.29, 0.717) is 5.41 Å². The first-order chi connectivity index (χ1) is 9.31. The van der Waals surface area contributed by atoms with Crippen LogP contribution in [0.2, 0.25) is 0 Å². The Morgan fingerprint density at radius 2 is 1.80 bits per heavy atom. The largest absolute Gasteiger partial charge is 0.329 e. The van der Waals surface area contributed by atoms with Crippen LogP contribution in [0.3, 0.4) is 0 Å². The van der Waals surface area contributed by atoms with E-state index < -0.39 is 0 Å². The van der Waals surface area contributed by atoms with Gasteiger partial charge in [-0.2, -0.15) is 0 Å². The summed E-state index contributed by atoms with van der Waals surface area (Å²) in [5.74, 6) is 1.65. The molecule has 2 N–H and O–H groups in total. The highest BCUT2D eigenvalue weighted by Crippen LogP contribution is 2.44. The maximum atomic E-state index is 6.20. The molecule has 0 aromatic heterocycles. The lowest BCUT2D eigenvalue weighted by Gasteiger charge is -2.49. The Bertz CT molecular complexity index is 277. The van der Waals surface area contributed by atoms with Gasteiger partial charge in [0.15, 0.2) is 0 Å². The summed E-state index contributed by atoms with van der Waals surface area (Å²) in [6.45, 7) is 13.9. The van der Waals surface area contributed by atoms with Gasteiger partial charge >= 0.3 is 0 Å². The second kappa shape index (κ2) is 7.26. The third-order valence-electron chi connectivity index (χ3n) is 6.40. The molecule has 1 saturated carbocycles. The molecule has 0 aromatic carbocycles. The molecule has 0 heterocycles. The van der Waals surface area contributed by atoms with Gasteiger partial charge in [0, 0.05) is 18.6 Å². The van der Waals surface area contributed by atoms with E-state index in [2.05, 4.69) is 46.6 Å². The third kappa shape index (κ3) is 3.98. The van der Waals surface area contributed by atoms with Crippen molar-refractivity contribution < 1.29 is 0 Å². The Balaban J connectivity index is 2.66. The molecule has 1 aliphatic carbocycles. The van der Waals surface area contributed by atoms with Crippen molar-refractivity contribution in [3.63, 3.8) is 0 Å². The molecule has 0 saturated heterocycles. The maximum Gasteiger partial charge on any atom is 0.0329 e. The molecule has 2 heteroatoms. The first-order valence-corrected chi connectivity index (χ1v) is 8.72. The minimum absolute atomic E-state index is 0.268. The SMILES string of the molecule is CCC(C)CN(C)C1(CN)CCC(C(C)(C)CC)CC1. The van der Waals surface area contributed by atoms with Crippen LogP contribution >= 0.6 is 0 Å². The van der Waals surface area contributed by atoms with E-state index in [-0.39, 0.29) is 5.54 Å². The van der Waals surface area contributed by atoms with E-state index >= 15 is 0 Å². The van der Waals surface area contributed by atoms with Gasteiger partial charge in [-0.25, -0.2) is 0 Å². The Morgan fingerprint density at radius 3 is 2.20 bits per heavy atom. The van der Waals surface area contributed by atoms with E-state index in [4.69, 9.17) is 5.73 Å². The summed E-state index contributed by atoms with van der Waals surface area (Å²) in [7, 11) is 2.30. The Kier molecular flexibility index (Phi) is 6.53. The lowest BCUT2D eigenvalue weighted by Crippen LogP contribution is -2.55. The monoisotopic (exact) mass is 282 g/mol. The zero-order valence-corrected chi connectivity index (χ0v) is 14.8. The molecule has 0 spiro atoms. The standard InChI is InChI=1S/C18H38N2/c1-7-15(3)13-20(6)18(14-19)11-9-16(10-12-18)17(4,5)8-2/h15-16H,7-14,19H2,1-6H3. The predicted octanol–water partition coefficient (Wildman–Crippen LogP) is 4.29. The summed E-state index contributed by atoms with van der Waals surface area (Å²) in [4.78, 5) is 2.58. The minimum Gasteiger partial charge on any atom is -0.329 e. The Hall–Kier alpha value is -0.0800. The van der Waals surface area contributed by atoms with Gasteiger partial charge in [-0.3, -0.25) is 4.90 Å². The van der Waals surface area contributed by atoms with Gasteiger partial charge in [0.2, 0.25) is 0 Å². The smallest absolute Gasteiger partial charge is 0.0329 e. The number of nitrogens with two attached hydrogens (primary N) is 1. The Morgan fingerprint density at radius 1 is 1.25 bits per heavy atom. The average Bonchev–Trinajstić information content (AvgIpc) is 2.46. The van der Waals surface area contributed by atoms with Crippen molar-refractivity contribution in [2.45, 2.75) is 78.7 Å². The average molecular weight is 283 g/mol. The normalized spacial score (nSPS) is 29.7. The van der Waals surface area contributed by atoms with Crippen LogP contribution in [0, 0.1) is 17.3 Å². The number of rotatable bonds is 7. The fraction of sp³-hybridized carbons (Fsp3) is 1.00. The molecule has 20 heavy (non-hydrogen) atoms. The molecule has 0 amide bonds. The van der Waals surface area contributed by atoms with E-state index in [9.17, 15) is 0 Å². The lowest BCUT2D eigenvalue weighted by molar-refractivity contribution is 0.0249. The van der Waals surface area contributed by atoms with Crippen molar-refractivity contribution in [3.05, 3.63) is 0 Å². The van der Waals surface area contributed by atoms with Crippen LogP contribution in [0.25, 0.3) is 0 Å². The van der Waals surface area contributed by atoms with Crippen LogP contribution in [0.4, 0.5) is 0 Å². The molecule has 1 rings (SSSR count). The van der Waals surface area contributed by atoms with Crippen LogP contribution in [-0.2, 0) is 0 Å². The third-order valence-corrected chi connectivity index (χ3v) is 6.40. The van der Waals surface area contributed by atoms with Gasteiger partial charge in [0.05, 0.1) is 0 Å². The van der Waals surface area contributed by atoms with Crippen LogP contribution < -0.4 is 5.73 Å². The van der Waals surface area contributed by atoms with Crippen LogP contribution in [0.15, 0.2) is 0 Å². The predicted molar refractivity (Wildman–Crippen MR) is 89.9 cm³/mol. The van der Waals surface area contributed by atoms with E-state index in [1.807, 2.05) is 0 Å². The molecule has 2 nitrogen and oxygen atoms in total. The van der Waals surface area contributed by atoms with Crippen molar-refractivity contribution in [2.75, 3.05) is 20.1 Å². The molecule has 0 radical (unpaired) electrons. The number of nitrogens with zero attached hydrogens (tertiary/aromatic N) is 1. The molecule has 120 valence electrons. The summed E-state index contributed by atoms with van der Waals surface area (Å²) in [6, 6.07) is 0. The summed E-state index contributed by atoms with van der Waals surface area (Å²) < 4.78 is 0. The maximum absolute atomic E-state index is 6.20. The molecule has 1 fully saturated rings. The van der Waals surface area contributed by atoms with Gasteiger partial charge in [-0.1, -0.05) is 47.5 Å². The van der Waals surface area contributed by atoms with Crippen molar-refractivity contribution in [1.82, 2.24) is 4.90 Å². The van der Waals surface area contributed by atoms with E-state index in [0.717, 1.165) is 18.4 Å². The quantitative estimate of drug-likeness (QED) is 0.755. The van der Waals surface area contributed by atoms with Crippen molar-refractivity contribution in [3.8, 4) is 0 Å². The molecule has 0 aliphatic heterocycles. The number of hydrogen-bond donors (Lipinski definition) is 1. The number of likely N-dealkylation sites (N-methyl/N-ethyl adjacent to an activating group) is 1. The lowest BCUT2D eigenvalue weighted by atomic mass is 9.65. The summed E-state index contributed by atoms with van der Waals surface area (Å²) in [5.41, 5.74) is 6.97. The van der Waals surface area contributed by atoms with Gasteiger partial charge in [-0.15, -0.1) is 0 Å². The highest BCUT2D eigenvalue weighted by molar-refractivity contribution is 4.97. The van der Waals surface area contributed by atoms with Gasteiger partial charge in [-0.05, 0) is 50.0 Å². The topological polar surface area (TPSA) is 29.3 Å². The van der Waals surface area contributed by atoms with Crippen molar-refractivity contribution >= 4 is 0 Å². The van der Waals surface area contributed by atoms with Crippen LogP contribution in [-0.4, -0.2) is 30.6 Å². The van der Waals surface area contributed by atoms with E-state index in [1.165, 1.54) is 45.1 Å². The molecular weight excluding hydrogens is 244 g/mol. The fourth-order valence-corrected chi connectivity index (χ4v) is 3.76. The zero-order chi connectivity index (χ0) is 15.4. The Labute approximate surface area is 127 Å². The highest BCUT2D eigenvalue weighted by atomic mass is 15.2. The molecule has 1 atom stereocenters. The fourth-order valence-electron chi connectivity index (χ4n) is 3.76. The first kappa shape index (κ1) is 18.0. The van der Waals surface area contributed by atoms with Crippen LogP contribution in [0.1, 0.15) is 73.1 Å². The summed E-state index contributed by atoms with van der Waals surface area (Å²) in [5, 5.41) is 0. The molecular formula is C18H38N2. The highest BCUT2D eigenvalue weighted by Gasteiger charge is 2.41. The minimum atomic E-state index is 0.268. The first-order valence-electron chi connectivity index (χ1n) is 8.72. The van der Waals surface area contributed by atoms with E-state index in [1.54, 1.807) is 0 Å². The zero-order valence-electron chi connectivity index (χ0n) is 14.8. The molecule has 1 aliphatic rings. The molecule has 0 aromatic rings. The van der Waals surface area contributed by atoms with Crippen molar-refractivity contribution in [2.24, 2.45) is 23.0 Å². The second-order valence-corrected chi connectivity index (χ2v) is 7.94.